The fourth-order valence-electron chi connectivity index (χ4n) is 2.74. The maximum atomic E-state index is 12.4. The zero-order chi connectivity index (χ0) is 15.4. The summed E-state index contributed by atoms with van der Waals surface area (Å²) in [5.41, 5.74) is 2.85. The molecule has 2 unspecified atom stereocenters. The van der Waals surface area contributed by atoms with Crippen LogP contribution >= 0.6 is 0 Å². The summed E-state index contributed by atoms with van der Waals surface area (Å²) in [5, 5.41) is 13.8. The first-order valence-corrected chi connectivity index (χ1v) is 7.09. The van der Waals surface area contributed by atoms with Crippen molar-refractivity contribution in [3.63, 3.8) is 0 Å². The van der Waals surface area contributed by atoms with Crippen LogP contribution in [0.3, 0.4) is 0 Å². The Morgan fingerprint density at radius 1 is 1.38 bits per heavy atom. The second-order valence-electron chi connectivity index (χ2n) is 5.47. The quantitative estimate of drug-likeness (QED) is 0.447. The topological polar surface area (TPSA) is 110 Å². The average molecular weight is 292 g/mol. The van der Waals surface area contributed by atoms with E-state index in [1.165, 1.54) is 24.6 Å². The number of carbonyl (C=O) groups excluding carboxylic acids is 1. The normalized spacial score (nSPS) is 21.6. The molecule has 1 amide bonds. The van der Waals surface area contributed by atoms with E-state index in [1.54, 1.807) is 0 Å². The van der Waals surface area contributed by atoms with Gasteiger partial charge < -0.3 is 10.7 Å². The Hall–Kier alpha value is -2.15. The molecular formula is C14H20N4O3. The highest BCUT2D eigenvalue weighted by molar-refractivity contribution is 6.00. The second-order valence-corrected chi connectivity index (χ2v) is 5.47. The van der Waals surface area contributed by atoms with Crippen molar-refractivity contribution < 1.29 is 9.72 Å². The van der Waals surface area contributed by atoms with Crippen LogP contribution in [0.1, 0.15) is 43.0 Å². The number of hydrogen-bond donors (Lipinski definition) is 3. The van der Waals surface area contributed by atoms with Crippen LogP contribution < -0.4 is 16.6 Å². The number of nitrogen functional groups attached to an aromatic ring is 1. The molecule has 7 nitrogen and oxygen atoms in total. The van der Waals surface area contributed by atoms with E-state index in [9.17, 15) is 14.9 Å². The molecule has 1 fully saturated rings. The molecule has 4 N–H and O–H groups in total. The van der Waals surface area contributed by atoms with Crippen molar-refractivity contribution in [2.24, 2.45) is 11.8 Å². The number of benzene rings is 1. The summed E-state index contributed by atoms with van der Waals surface area (Å²) >= 11 is 0. The molecular weight excluding hydrogens is 272 g/mol. The van der Waals surface area contributed by atoms with Gasteiger partial charge in [-0.15, -0.1) is 0 Å². The van der Waals surface area contributed by atoms with Gasteiger partial charge in [-0.25, -0.2) is 0 Å². The van der Waals surface area contributed by atoms with Gasteiger partial charge in [0.1, 0.15) is 0 Å². The summed E-state index contributed by atoms with van der Waals surface area (Å²) in [6.45, 7) is 2.11. The molecule has 7 heteroatoms. The highest BCUT2D eigenvalue weighted by atomic mass is 16.6. The molecule has 1 aliphatic rings. The van der Waals surface area contributed by atoms with Crippen LogP contribution in [0.5, 0.6) is 0 Å². The molecule has 1 saturated carbocycles. The van der Waals surface area contributed by atoms with Crippen molar-refractivity contribution in [2.75, 3.05) is 5.43 Å². The molecule has 1 aromatic rings. The SMILES string of the molecule is CC1CCCCC1NC(=O)c1cc([N+](=O)[O-])ccc1NN. The summed E-state index contributed by atoms with van der Waals surface area (Å²) in [6.07, 6.45) is 4.29. The van der Waals surface area contributed by atoms with Gasteiger partial charge in [0.05, 0.1) is 16.2 Å². The van der Waals surface area contributed by atoms with E-state index < -0.39 is 4.92 Å². The van der Waals surface area contributed by atoms with Crippen molar-refractivity contribution in [2.45, 2.75) is 38.6 Å². The minimum absolute atomic E-state index is 0.108. The number of rotatable bonds is 4. The van der Waals surface area contributed by atoms with E-state index in [2.05, 4.69) is 17.7 Å². The summed E-state index contributed by atoms with van der Waals surface area (Å²) in [6, 6.07) is 4.11. The molecule has 1 aliphatic carbocycles. The van der Waals surface area contributed by atoms with Gasteiger partial charge in [0.15, 0.2) is 0 Å². The maximum Gasteiger partial charge on any atom is 0.270 e. The first-order valence-electron chi connectivity index (χ1n) is 7.09. The standard InChI is InChI=1S/C14H20N4O3/c1-9-4-2-3-5-12(9)16-14(19)11-8-10(18(20)21)6-7-13(11)17-15/h6-9,12,17H,2-5,15H2,1H3,(H,16,19). The van der Waals surface area contributed by atoms with E-state index in [0.717, 1.165) is 19.3 Å². The lowest BCUT2D eigenvalue weighted by atomic mass is 9.86. The number of hydrogen-bond acceptors (Lipinski definition) is 5. The van der Waals surface area contributed by atoms with Crippen LogP contribution in [0.2, 0.25) is 0 Å². The maximum absolute atomic E-state index is 12.4. The van der Waals surface area contributed by atoms with Crippen LogP contribution in [0.25, 0.3) is 0 Å². The van der Waals surface area contributed by atoms with Gasteiger partial charge >= 0.3 is 0 Å². The molecule has 0 saturated heterocycles. The van der Waals surface area contributed by atoms with E-state index in [-0.39, 0.29) is 23.2 Å². The summed E-state index contributed by atoms with van der Waals surface area (Å²) in [5.74, 6) is 5.46. The molecule has 0 heterocycles. The number of anilines is 1. The van der Waals surface area contributed by atoms with E-state index in [1.807, 2.05) is 0 Å². The lowest BCUT2D eigenvalue weighted by Gasteiger charge is -2.29. The molecule has 0 radical (unpaired) electrons. The third-order valence-electron chi connectivity index (χ3n) is 4.04. The van der Waals surface area contributed by atoms with Crippen molar-refractivity contribution in [3.8, 4) is 0 Å². The highest BCUT2D eigenvalue weighted by Gasteiger charge is 2.25. The fourth-order valence-corrected chi connectivity index (χ4v) is 2.74. The lowest BCUT2D eigenvalue weighted by Crippen LogP contribution is -2.41. The third-order valence-corrected chi connectivity index (χ3v) is 4.04. The highest BCUT2D eigenvalue weighted by Crippen LogP contribution is 2.26. The smallest absolute Gasteiger partial charge is 0.270 e. The van der Waals surface area contributed by atoms with Gasteiger partial charge in [-0.3, -0.25) is 20.8 Å². The van der Waals surface area contributed by atoms with Crippen molar-refractivity contribution in [1.82, 2.24) is 5.32 Å². The van der Waals surface area contributed by atoms with Crippen LogP contribution in [0.15, 0.2) is 18.2 Å². The van der Waals surface area contributed by atoms with Gasteiger partial charge in [-0.1, -0.05) is 19.8 Å². The van der Waals surface area contributed by atoms with Gasteiger partial charge in [-0.2, -0.15) is 0 Å². The number of nitrogens with zero attached hydrogens (tertiary/aromatic N) is 1. The van der Waals surface area contributed by atoms with E-state index in [0.29, 0.717) is 11.6 Å². The summed E-state index contributed by atoms with van der Waals surface area (Å²) in [7, 11) is 0. The largest absolute Gasteiger partial charge is 0.349 e. The molecule has 0 spiro atoms. The number of carbonyl (C=O) groups is 1. The zero-order valence-electron chi connectivity index (χ0n) is 12.0. The number of hydrazine groups is 1. The number of nitro groups is 1. The minimum Gasteiger partial charge on any atom is -0.349 e. The number of nitrogens with one attached hydrogen (secondary N) is 2. The Bertz CT molecular complexity index is 547. The number of nitrogens with two attached hydrogens (primary N) is 1. The Labute approximate surface area is 123 Å². The van der Waals surface area contributed by atoms with Gasteiger partial charge in [-0.05, 0) is 24.8 Å². The molecule has 0 aliphatic heterocycles. The van der Waals surface area contributed by atoms with Gasteiger partial charge in [0.2, 0.25) is 0 Å². The second kappa shape index (κ2) is 6.53. The molecule has 2 atom stereocenters. The molecule has 1 aromatic carbocycles. The minimum atomic E-state index is -0.527. The van der Waals surface area contributed by atoms with Crippen molar-refractivity contribution in [1.29, 1.82) is 0 Å². The fraction of sp³-hybridized carbons (Fsp3) is 0.500. The van der Waals surface area contributed by atoms with Crippen LogP contribution in [-0.4, -0.2) is 16.9 Å². The van der Waals surface area contributed by atoms with E-state index in [4.69, 9.17) is 5.84 Å². The predicted octanol–water partition coefficient (Wildman–Crippen LogP) is 2.19. The van der Waals surface area contributed by atoms with Crippen LogP contribution in [0, 0.1) is 16.0 Å². The van der Waals surface area contributed by atoms with Gasteiger partial charge in [0, 0.05) is 18.2 Å². The first kappa shape index (κ1) is 15.2. The molecule has 0 bridgehead atoms. The van der Waals surface area contributed by atoms with Crippen molar-refractivity contribution in [3.05, 3.63) is 33.9 Å². The molecule has 114 valence electrons. The first-order chi connectivity index (χ1) is 10.0. The predicted molar refractivity (Wildman–Crippen MR) is 79.8 cm³/mol. The summed E-state index contributed by atoms with van der Waals surface area (Å²) < 4.78 is 0. The third kappa shape index (κ3) is 3.49. The van der Waals surface area contributed by atoms with Crippen molar-refractivity contribution >= 4 is 17.3 Å². The number of non-ortho nitro benzene ring substituents is 1. The molecule has 21 heavy (non-hydrogen) atoms. The molecule has 0 aromatic heterocycles. The Kier molecular flexibility index (Phi) is 4.74. The number of nitro benzene ring substituents is 1. The van der Waals surface area contributed by atoms with Crippen LogP contribution in [0.4, 0.5) is 11.4 Å². The monoisotopic (exact) mass is 292 g/mol. The Morgan fingerprint density at radius 2 is 2.10 bits per heavy atom. The Balaban J connectivity index is 2.20. The average Bonchev–Trinajstić information content (AvgIpc) is 2.48. The zero-order valence-corrected chi connectivity index (χ0v) is 12.0. The van der Waals surface area contributed by atoms with Gasteiger partial charge in [0.25, 0.3) is 11.6 Å². The lowest BCUT2D eigenvalue weighted by molar-refractivity contribution is -0.384. The number of amides is 1. The molecule has 2 rings (SSSR count). The van der Waals surface area contributed by atoms with Crippen LogP contribution in [-0.2, 0) is 0 Å². The van der Waals surface area contributed by atoms with E-state index >= 15 is 0 Å². The summed E-state index contributed by atoms with van der Waals surface area (Å²) in [4.78, 5) is 22.7. The Morgan fingerprint density at radius 3 is 2.71 bits per heavy atom.